The maximum absolute atomic E-state index is 14.8. The van der Waals surface area contributed by atoms with Crippen molar-refractivity contribution in [1.29, 1.82) is 0 Å². The smallest absolute Gasteiger partial charge is 0.271 e. The van der Waals surface area contributed by atoms with Crippen molar-refractivity contribution < 1.29 is 9.18 Å². The molecule has 0 fully saturated rings. The third-order valence-corrected chi connectivity index (χ3v) is 5.41. The SMILES string of the molecule is CCN1c2cc(F)c(/C=N\NC(=O)c3cccc(N(C)C)c3)cc2C(C)=CC1(C)C. The van der Waals surface area contributed by atoms with E-state index in [9.17, 15) is 9.18 Å². The van der Waals surface area contributed by atoms with Crippen LogP contribution in [0, 0.1) is 5.82 Å². The predicted molar refractivity (Wildman–Crippen MR) is 123 cm³/mol. The molecule has 0 atom stereocenters. The van der Waals surface area contributed by atoms with E-state index in [-0.39, 0.29) is 17.3 Å². The first-order chi connectivity index (χ1) is 14.1. The largest absolute Gasteiger partial charge is 0.378 e. The quantitative estimate of drug-likeness (QED) is 0.577. The van der Waals surface area contributed by atoms with Gasteiger partial charge in [-0.1, -0.05) is 12.1 Å². The maximum Gasteiger partial charge on any atom is 0.271 e. The Balaban J connectivity index is 1.83. The predicted octanol–water partition coefficient (Wildman–Crippen LogP) is 4.68. The summed E-state index contributed by atoms with van der Waals surface area (Å²) in [6.45, 7) is 9.12. The Morgan fingerprint density at radius 3 is 2.67 bits per heavy atom. The van der Waals surface area contributed by atoms with Crippen LogP contribution in [-0.2, 0) is 0 Å². The first-order valence-electron chi connectivity index (χ1n) is 10.1. The van der Waals surface area contributed by atoms with Gasteiger partial charge in [-0.05, 0) is 63.6 Å². The second kappa shape index (κ2) is 8.30. The number of hydrogen-bond acceptors (Lipinski definition) is 4. The lowest BCUT2D eigenvalue weighted by molar-refractivity contribution is 0.0955. The number of fused-ring (bicyclic) bond motifs is 1. The molecular formula is C24H29FN4O. The third kappa shape index (κ3) is 4.22. The molecule has 158 valence electrons. The molecule has 0 aliphatic carbocycles. The molecule has 1 amide bonds. The van der Waals surface area contributed by atoms with E-state index in [2.05, 4.69) is 42.3 Å². The average Bonchev–Trinajstić information content (AvgIpc) is 2.68. The third-order valence-electron chi connectivity index (χ3n) is 5.41. The van der Waals surface area contributed by atoms with E-state index in [0.717, 1.165) is 29.1 Å². The molecule has 0 saturated heterocycles. The van der Waals surface area contributed by atoms with Crippen LogP contribution in [-0.4, -0.2) is 38.3 Å². The number of nitrogens with zero attached hydrogens (tertiary/aromatic N) is 3. The number of amides is 1. The van der Waals surface area contributed by atoms with Gasteiger partial charge in [0.1, 0.15) is 5.82 Å². The van der Waals surface area contributed by atoms with Crippen molar-refractivity contribution in [2.45, 2.75) is 33.2 Å². The van der Waals surface area contributed by atoms with E-state index in [1.165, 1.54) is 6.21 Å². The summed E-state index contributed by atoms with van der Waals surface area (Å²) in [6, 6.07) is 10.6. The van der Waals surface area contributed by atoms with Gasteiger partial charge in [-0.2, -0.15) is 5.10 Å². The summed E-state index contributed by atoms with van der Waals surface area (Å²) in [5.41, 5.74) is 6.99. The zero-order chi connectivity index (χ0) is 22.1. The second-order valence-corrected chi connectivity index (χ2v) is 8.26. The number of likely N-dealkylation sites (N-methyl/N-ethyl adjacent to an activating group) is 1. The van der Waals surface area contributed by atoms with Crippen LogP contribution in [0.25, 0.3) is 5.57 Å². The molecule has 5 nitrogen and oxygen atoms in total. The van der Waals surface area contributed by atoms with Gasteiger partial charge >= 0.3 is 0 Å². The van der Waals surface area contributed by atoms with E-state index in [0.29, 0.717) is 11.1 Å². The van der Waals surface area contributed by atoms with Crippen LogP contribution in [0.15, 0.2) is 47.6 Å². The van der Waals surface area contributed by atoms with Gasteiger partial charge in [0, 0.05) is 48.7 Å². The molecule has 0 saturated carbocycles. The molecule has 1 heterocycles. The molecule has 2 aromatic rings. The number of carbonyl (C=O) groups is 1. The number of allylic oxidation sites excluding steroid dienone is 1. The molecule has 1 aliphatic heterocycles. The molecular weight excluding hydrogens is 379 g/mol. The lowest BCUT2D eigenvalue weighted by Gasteiger charge is -2.42. The Kier molecular flexibility index (Phi) is 5.97. The highest BCUT2D eigenvalue weighted by Gasteiger charge is 2.30. The summed E-state index contributed by atoms with van der Waals surface area (Å²) >= 11 is 0. The van der Waals surface area contributed by atoms with Crippen molar-refractivity contribution in [2.24, 2.45) is 5.10 Å². The van der Waals surface area contributed by atoms with Crippen molar-refractivity contribution in [3.8, 4) is 0 Å². The summed E-state index contributed by atoms with van der Waals surface area (Å²) < 4.78 is 14.8. The minimum Gasteiger partial charge on any atom is -0.378 e. The highest BCUT2D eigenvalue weighted by Crippen LogP contribution is 2.39. The Hall–Kier alpha value is -3.15. The number of nitrogens with one attached hydrogen (secondary N) is 1. The molecule has 0 spiro atoms. The number of anilines is 2. The zero-order valence-corrected chi connectivity index (χ0v) is 18.5. The monoisotopic (exact) mass is 408 g/mol. The normalized spacial score (nSPS) is 15.0. The minimum atomic E-state index is -0.370. The minimum absolute atomic E-state index is 0.178. The molecule has 0 radical (unpaired) electrons. The average molecular weight is 409 g/mol. The Morgan fingerprint density at radius 1 is 1.27 bits per heavy atom. The summed E-state index contributed by atoms with van der Waals surface area (Å²) in [4.78, 5) is 16.5. The Morgan fingerprint density at radius 2 is 2.00 bits per heavy atom. The van der Waals surface area contributed by atoms with Crippen molar-refractivity contribution in [3.05, 3.63) is 65.0 Å². The van der Waals surface area contributed by atoms with Crippen molar-refractivity contribution in [1.82, 2.24) is 5.43 Å². The molecule has 0 aromatic heterocycles. The number of halogens is 1. The van der Waals surface area contributed by atoms with Crippen LogP contribution in [0.1, 0.15) is 49.2 Å². The van der Waals surface area contributed by atoms with E-state index in [4.69, 9.17) is 0 Å². The molecule has 0 bridgehead atoms. The van der Waals surface area contributed by atoms with Gasteiger partial charge in [0.2, 0.25) is 0 Å². The van der Waals surface area contributed by atoms with Gasteiger partial charge in [-0.15, -0.1) is 0 Å². The van der Waals surface area contributed by atoms with E-state index >= 15 is 0 Å². The first kappa shape index (κ1) is 21.6. The van der Waals surface area contributed by atoms with Gasteiger partial charge in [0.15, 0.2) is 0 Å². The molecule has 1 N–H and O–H groups in total. The lowest BCUT2D eigenvalue weighted by atomic mass is 9.88. The molecule has 0 unspecified atom stereocenters. The zero-order valence-electron chi connectivity index (χ0n) is 18.5. The van der Waals surface area contributed by atoms with Gasteiger partial charge in [-0.25, -0.2) is 9.82 Å². The highest BCUT2D eigenvalue weighted by atomic mass is 19.1. The molecule has 2 aromatic carbocycles. The maximum atomic E-state index is 14.8. The number of hydrazone groups is 1. The first-order valence-corrected chi connectivity index (χ1v) is 10.1. The lowest BCUT2D eigenvalue weighted by Crippen LogP contribution is -2.45. The van der Waals surface area contributed by atoms with E-state index < -0.39 is 0 Å². The topological polar surface area (TPSA) is 47.9 Å². The van der Waals surface area contributed by atoms with Crippen molar-refractivity contribution in [3.63, 3.8) is 0 Å². The fraction of sp³-hybridized carbons (Fsp3) is 0.333. The molecule has 3 rings (SSSR count). The standard InChI is InChI=1S/C24H29FN4O/c1-7-29-22-13-21(25)18(12-20(22)16(2)14-24(29,3)4)15-26-27-23(30)17-9-8-10-19(11-17)28(5)6/h8-15H,7H2,1-6H3,(H,27,30)/b26-15-. The van der Waals surface area contributed by atoms with Crippen LogP contribution >= 0.6 is 0 Å². The molecule has 6 heteroatoms. The van der Waals surface area contributed by atoms with Gasteiger partial charge < -0.3 is 9.80 Å². The number of benzene rings is 2. The molecule has 30 heavy (non-hydrogen) atoms. The second-order valence-electron chi connectivity index (χ2n) is 8.26. The fourth-order valence-corrected chi connectivity index (χ4v) is 3.94. The summed E-state index contributed by atoms with van der Waals surface area (Å²) in [5, 5.41) is 3.98. The number of hydrogen-bond donors (Lipinski definition) is 1. The van der Waals surface area contributed by atoms with Gasteiger partial charge in [-0.3, -0.25) is 4.79 Å². The van der Waals surface area contributed by atoms with Crippen molar-refractivity contribution >= 4 is 29.1 Å². The summed E-state index contributed by atoms with van der Waals surface area (Å²) in [5.74, 6) is -0.714. The van der Waals surface area contributed by atoms with Crippen LogP contribution in [0.3, 0.4) is 0 Å². The highest BCUT2D eigenvalue weighted by molar-refractivity contribution is 5.96. The summed E-state index contributed by atoms with van der Waals surface area (Å²) in [6.07, 6.45) is 3.55. The van der Waals surface area contributed by atoms with E-state index in [1.54, 1.807) is 24.3 Å². The van der Waals surface area contributed by atoms with Crippen LogP contribution in [0.4, 0.5) is 15.8 Å². The van der Waals surface area contributed by atoms with E-state index in [1.807, 2.05) is 38.1 Å². The van der Waals surface area contributed by atoms with Crippen molar-refractivity contribution in [2.75, 3.05) is 30.4 Å². The Labute approximate surface area is 177 Å². The number of rotatable bonds is 5. The van der Waals surface area contributed by atoms with Crippen LogP contribution in [0.2, 0.25) is 0 Å². The molecule has 1 aliphatic rings. The fourth-order valence-electron chi connectivity index (χ4n) is 3.94. The van der Waals surface area contributed by atoms with Crippen LogP contribution in [0.5, 0.6) is 0 Å². The Bertz CT molecular complexity index is 1020. The van der Waals surface area contributed by atoms with Crippen LogP contribution < -0.4 is 15.2 Å². The summed E-state index contributed by atoms with van der Waals surface area (Å²) in [7, 11) is 3.82. The number of carbonyl (C=O) groups excluding carboxylic acids is 1. The van der Waals surface area contributed by atoms with Gasteiger partial charge in [0.25, 0.3) is 5.91 Å². The van der Waals surface area contributed by atoms with Gasteiger partial charge in [0.05, 0.1) is 11.8 Å².